The maximum atomic E-state index is 13.5. The van der Waals surface area contributed by atoms with Gasteiger partial charge in [0, 0.05) is 23.9 Å². The molecule has 2 aliphatic carbocycles. The number of carbonyl (C=O) groups is 2. The second-order valence-electron chi connectivity index (χ2n) is 9.78. The molecule has 2 saturated carbocycles. The van der Waals surface area contributed by atoms with Crippen molar-refractivity contribution >= 4 is 23.2 Å². The molecule has 0 saturated heterocycles. The molecule has 4 rings (SSSR count). The topological polar surface area (TPSA) is 59.1 Å². The number of amides is 2. The number of thiophene rings is 1. The quantitative estimate of drug-likeness (QED) is 0.376. The van der Waals surface area contributed by atoms with Crippen LogP contribution in [0.1, 0.15) is 61.8 Å². The van der Waals surface area contributed by atoms with Crippen molar-refractivity contribution in [2.75, 3.05) is 27.3 Å². The molecule has 0 aliphatic heterocycles. The largest absolute Gasteiger partial charge is 0.493 e. The minimum Gasteiger partial charge on any atom is -0.493 e. The predicted molar refractivity (Wildman–Crippen MR) is 139 cm³/mol. The normalized spacial score (nSPS) is 15.7. The summed E-state index contributed by atoms with van der Waals surface area (Å²) in [5.41, 5.74) is 1.08. The fraction of sp³-hybridized carbons (Fsp3) is 0.571. The van der Waals surface area contributed by atoms with Gasteiger partial charge in [0.15, 0.2) is 11.5 Å². The molecule has 2 aliphatic rings. The van der Waals surface area contributed by atoms with Crippen molar-refractivity contribution in [3.8, 4) is 11.5 Å². The lowest BCUT2D eigenvalue weighted by molar-refractivity contribution is -0.141. The van der Waals surface area contributed by atoms with Gasteiger partial charge in [0.25, 0.3) is 0 Å². The van der Waals surface area contributed by atoms with Crippen molar-refractivity contribution in [1.82, 2.24) is 9.80 Å². The van der Waals surface area contributed by atoms with Crippen LogP contribution in [0, 0.1) is 5.92 Å². The first-order chi connectivity index (χ1) is 17.1. The Morgan fingerprint density at radius 2 is 1.77 bits per heavy atom. The lowest BCUT2D eigenvalue weighted by atomic mass is 10.0. The summed E-state index contributed by atoms with van der Waals surface area (Å²) in [4.78, 5) is 31.5. The Kier molecular flexibility index (Phi) is 9.07. The van der Waals surface area contributed by atoms with E-state index < -0.39 is 0 Å². The number of methoxy groups -OCH3 is 2. The third-order valence-corrected chi connectivity index (χ3v) is 8.11. The molecule has 0 N–H and O–H groups in total. The van der Waals surface area contributed by atoms with E-state index >= 15 is 0 Å². The summed E-state index contributed by atoms with van der Waals surface area (Å²) in [6.07, 6.45) is 9.36. The lowest BCUT2D eigenvalue weighted by Gasteiger charge is -2.28. The van der Waals surface area contributed by atoms with Gasteiger partial charge in [-0.3, -0.25) is 9.59 Å². The van der Waals surface area contributed by atoms with E-state index in [4.69, 9.17) is 9.47 Å². The maximum Gasteiger partial charge on any atom is 0.242 e. The van der Waals surface area contributed by atoms with Gasteiger partial charge in [-0.2, -0.15) is 0 Å². The molecule has 2 fully saturated rings. The zero-order valence-corrected chi connectivity index (χ0v) is 21.9. The minimum absolute atomic E-state index is 0.0278. The fourth-order valence-corrected chi connectivity index (χ4v) is 5.73. The zero-order valence-electron chi connectivity index (χ0n) is 21.0. The molecule has 190 valence electrons. The molecule has 0 bridgehead atoms. The first kappa shape index (κ1) is 25.5. The Morgan fingerprint density at radius 1 is 1.00 bits per heavy atom. The smallest absolute Gasteiger partial charge is 0.242 e. The lowest BCUT2D eigenvalue weighted by Crippen LogP contribution is -2.44. The second kappa shape index (κ2) is 12.4. The van der Waals surface area contributed by atoms with E-state index in [0.29, 0.717) is 43.3 Å². The monoisotopic (exact) mass is 498 g/mol. The highest BCUT2D eigenvalue weighted by atomic mass is 32.1. The van der Waals surface area contributed by atoms with Crippen LogP contribution in [-0.4, -0.2) is 55.0 Å². The Labute approximate surface area is 213 Å². The molecule has 0 spiro atoms. The highest BCUT2D eigenvalue weighted by Gasteiger charge is 2.35. The van der Waals surface area contributed by atoms with Crippen molar-refractivity contribution < 1.29 is 19.1 Å². The van der Waals surface area contributed by atoms with Crippen molar-refractivity contribution in [2.24, 2.45) is 5.92 Å². The SMILES string of the molecule is COc1ccc(CCN(Cc2cccs2)C(=O)CN(C(=O)CCC2CCCC2)C2CC2)cc1OC. The standard InChI is InChI=1S/C28H38N2O4S/c1-33-25-13-9-22(18-26(25)34-2)15-16-29(19-24-8-5-17-35-24)28(32)20-30(23-11-12-23)27(31)14-10-21-6-3-4-7-21/h5,8-9,13,17-18,21,23H,3-4,6-7,10-12,14-16,19-20H2,1-2H3. The molecular formula is C28H38N2O4S. The molecule has 1 heterocycles. The molecular weight excluding hydrogens is 460 g/mol. The molecule has 7 heteroatoms. The van der Waals surface area contributed by atoms with Crippen LogP contribution in [0.5, 0.6) is 11.5 Å². The third kappa shape index (κ3) is 7.23. The number of nitrogens with zero attached hydrogens (tertiary/aromatic N) is 2. The fourth-order valence-electron chi connectivity index (χ4n) is 5.01. The van der Waals surface area contributed by atoms with Gasteiger partial charge in [-0.25, -0.2) is 0 Å². The average Bonchev–Trinajstić information content (AvgIpc) is 3.33. The van der Waals surface area contributed by atoms with Gasteiger partial charge < -0.3 is 19.3 Å². The molecule has 0 unspecified atom stereocenters. The number of ether oxygens (including phenoxy) is 2. The Hall–Kier alpha value is -2.54. The number of hydrogen-bond acceptors (Lipinski definition) is 5. The highest BCUT2D eigenvalue weighted by molar-refractivity contribution is 7.09. The van der Waals surface area contributed by atoms with Crippen LogP contribution < -0.4 is 9.47 Å². The van der Waals surface area contributed by atoms with Crippen LogP contribution in [-0.2, 0) is 22.6 Å². The summed E-state index contributed by atoms with van der Waals surface area (Å²) < 4.78 is 10.8. The summed E-state index contributed by atoms with van der Waals surface area (Å²) >= 11 is 1.66. The van der Waals surface area contributed by atoms with Crippen LogP contribution in [0.15, 0.2) is 35.7 Å². The van der Waals surface area contributed by atoms with Crippen LogP contribution >= 0.6 is 11.3 Å². The second-order valence-corrected chi connectivity index (χ2v) is 10.8. The van der Waals surface area contributed by atoms with Gasteiger partial charge >= 0.3 is 0 Å². The molecule has 2 amide bonds. The molecule has 6 nitrogen and oxygen atoms in total. The van der Waals surface area contributed by atoms with Gasteiger partial charge in [0.1, 0.15) is 6.54 Å². The van der Waals surface area contributed by atoms with E-state index in [0.717, 1.165) is 29.7 Å². The molecule has 35 heavy (non-hydrogen) atoms. The van der Waals surface area contributed by atoms with E-state index in [1.165, 1.54) is 25.7 Å². The van der Waals surface area contributed by atoms with Gasteiger partial charge in [-0.15, -0.1) is 11.3 Å². The number of benzene rings is 1. The molecule has 1 aromatic carbocycles. The van der Waals surface area contributed by atoms with E-state index in [-0.39, 0.29) is 24.4 Å². The van der Waals surface area contributed by atoms with Gasteiger partial charge in [-0.1, -0.05) is 37.8 Å². The molecule has 0 radical (unpaired) electrons. The van der Waals surface area contributed by atoms with Crippen LogP contribution in [0.2, 0.25) is 0 Å². The summed E-state index contributed by atoms with van der Waals surface area (Å²) in [6, 6.07) is 10.2. The Balaban J connectivity index is 1.40. The first-order valence-electron chi connectivity index (χ1n) is 12.9. The maximum absolute atomic E-state index is 13.5. The van der Waals surface area contributed by atoms with Gasteiger partial charge in [0.2, 0.25) is 11.8 Å². The van der Waals surface area contributed by atoms with Crippen LogP contribution in [0.4, 0.5) is 0 Å². The predicted octanol–water partition coefficient (Wildman–Crippen LogP) is 5.30. The van der Waals surface area contributed by atoms with E-state index in [1.54, 1.807) is 25.6 Å². The van der Waals surface area contributed by atoms with Gasteiger partial charge in [0.05, 0.1) is 20.8 Å². The number of rotatable bonds is 13. The minimum atomic E-state index is 0.0278. The number of carbonyl (C=O) groups excluding carboxylic acids is 2. The Morgan fingerprint density at radius 3 is 2.43 bits per heavy atom. The van der Waals surface area contributed by atoms with E-state index in [2.05, 4.69) is 6.07 Å². The molecule has 1 aromatic heterocycles. The first-order valence-corrected chi connectivity index (χ1v) is 13.8. The van der Waals surface area contributed by atoms with Gasteiger partial charge in [-0.05, 0) is 60.7 Å². The Bertz CT molecular complexity index is 967. The van der Waals surface area contributed by atoms with Crippen molar-refractivity contribution in [2.45, 2.75) is 70.4 Å². The summed E-state index contributed by atoms with van der Waals surface area (Å²) in [5, 5.41) is 2.04. The molecule has 2 aromatic rings. The summed E-state index contributed by atoms with van der Waals surface area (Å²) in [5.74, 6) is 2.25. The van der Waals surface area contributed by atoms with Crippen molar-refractivity contribution in [3.63, 3.8) is 0 Å². The zero-order chi connectivity index (χ0) is 24.6. The highest BCUT2D eigenvalue weighted by Crippen LogP contribution is 2.32. The summed E-state index contributed by atoms with van der Waals surface area (Å²) in [6.45, 7) is 1.34. The van der Waals surface area contributed by atoms with Crippen molar-refractivity contribution in [3.05, 3.63) is 46.2 Å². The van der Waals surface area contributed by atoms with Crippen LogP contribution in [0.25, 0.3) is 0 Å². The number of hydrogen-bond donors (Lipinski definition) is 0. The average molecular weight is 499 g/mol. The van der Waals surface area contributed by atoms with E-state index in [1.807, 2.05) is 39.4 Å². The van der Waals surface area contributed by atoms with E-state index in [9.17, 15) is 9.59 Å². The summed E-state index contributed by atoms with van der Waals surface area (Å²) in [7, 11) is 3.25. The third-order valence-electron chi connectivity index (χ3n) is 7.25. The van der Waals surface area contributed by atoms with Crippen LogP contribution in [0.3, 0.4) is 0 Å². The molecule has 0 atom stereocenters. The van der Waals surface area contributed by atoms with Crippen molar-refractivity contribution in [1.29, 1.82) is 0 Å².